The second kappa shape index (κ2) is 8.20. The highest BCUT2D eigenvalue weighted by Crippen LogP contribution is 2.34. The lowest BCUT2D eigenvalue weighted by Crippen LogP contribution is -2.50. The monoisotopic (exact) mass is 408 g/mol. The second-order valence-electron chi connectivity index (χ2n) is 7.60. The lowest BCUT2D eigenvalue weighted by molar-refractivity contribution is -0.167. The van der Waals surface area contributed by atoms with Crippen LogP contribution < -0.4 is 10.0 Å². The Morgan fingerprint density at radius 3 is 2.22 bits per heavy atom. The Kier molecular flexibility index (Phi) is 7.12. The van der Waals surface area contributed by atoms with Crippen molar-refractivity contribution in [3.63, 3.8) is 0 Å². The summed E-state index contributed by atoms with van der Waals surface area (Å²) in [6, 6.07) is 3.10. The van der Waals surface area contributed by atoms with Crippen LogP contribution in [0.2, 0.25) is 0 Å². The number of hydrogen-bond acceptors (Lipinski definition) is 3. The normalized spacial score (nSPS) is 15.8. The zero-order chi connectivity index (χ0) is 21.2. The van der Waals surface area contributed by atoms with Gasteiger partial charge in [0.2, 0.25) is 0 Å². The van der Waals surface area contributed by atoms with Gasteiger partial charge in [0.15, 0.2) is 0 Å². The van der Waals surface area contributed by atoms with Gasteiger partial charge in [-0.3, -0.25) is 4.79 Å². The van der Waals surface area contributed by atoms with Crippen LogP contribution >= 0.6 is 0 Å². The molecule has 0 radical (unpaired) electrons. The Hall–Kier alpha value is -1.58. The number of rotatable bonds is 6. The van der Waals surface area contributed by atoms with E-state index in [1.165, 1.54) is 0 Å². The van der Waals surface area contributed by atoms with E-state index in [0.717, 1.165) is 18.2 Å². The Labute approximate surface area is 159 Å². The third-order valence-corrected chi connectivity index (χ3v) is 5.35. The summed E-state index contributed by atoms with van der Waals surface area (Å²) in [6.45, 7) is 12.3. The number of benzene rings is 1. The van der Waals surface area contributed by atoms with E-state index >= 15 is 0 Å². The average Bonchev–Trinajstić information content (AvgIpc) is 2.46. The molecule has 2 N–H and O–H groups in total. The van der Waals surface area contributed by atoms with Crippen LogP contribution in [0.1, 0.15) is 46.6 Å². The summed E-state index contributed by atoms with van der Waals surface area (Å²) < 4.78 is 66.7. The Balaban J connectivity index is 3.34. The Bertz CT molecular complexity index is 716. The van der Waals surface area contributed by atoms with Gasteiger partial charge in [0.05, 0.1) is 5.54 Å². The van der Waals surface area contributed by atoms with Crippen LogP contribution in [0.4, 0.5) is 23.2 Å². The van der Waals surface area contributed by atoms with E-state index in [2.05, 4.69) is 11.3 Å². The molecule has 4 nitrogen and oxygen atoms in total. The van der Waals surface area contributed by atoms with E-state index < -0.39 is 39.5 Å². The van der Waals surface area contributed by atoms with E-state index in [-0.39, 0.29) is 17.7 Å². The molecule has 1 aromatic carbocycles. The number of anilines is 1. The number of nitrogens with one attached hydrogen (secondary N) is 2. The first-order chi connectivity index (χ1) is 12.1. The molecule has 1 rings (SSSR count). The van der Waals surface area contributed by atoms with E-state index in [4.69, 9.17) is 0 Å². The minimum Gasteiger partial charge on any atom is -0.598 e. The topological polar surface area (TPSA) is 64.2 Å². The zero-order valence-corrected chi connectivity index (χ0v) is 16.7. The lowest BCUT2D eigenvalue weighted by atomic mass is 9.86. The maximum atomic E-state index is 14.5. The van der Waals surface area contributed by atoms with Crippen molar-refractivity contribution in [2.45, 2.75) is 57.5 Å². The van der Waals surface area contributed by atoms with E-state index in [1.807, 2.05) is 0 Å². The maximum absolute atomic E-state index is 14.5. The van der Waals surface area contributed by atoms with Gasteiger partial charge < -0.3 is 9.87 Å². The number of carbonyl (C=O) groups excluding carboxylic acids is 1. The fourth-order valence-corrected chi connectivity index (χ4v) is 3.27. The first-order valence-corrected chi connectivity index (χ1v) is 9.23. The zero-order valence-electron chi connectivity index (χ0n) is 15.9. The molecule has 0 fully saturated rings. The number of amides is 1. The molecule has 0 saturated carbocycles. The predicted molar refractivity (Wildman–Crippen MR) is 98.9 cm³/mol. The summed E-state index contributed by atoms with van der Waals surface area (Å²) in [6.07, 6.45) is -4.88. The quantitative estimate of drug-likeness (QED) is 0.412. The SMILES string of the molecule is C=C(C)C[C@](C)(N[S+]([O-])C(C)(C)C)c1cc(NC(=O)C(F)(F)F)ccc1F. The van der Waals surface area contributed by atoms with Crippen molar-refractivity contribution >= 4 is 23.0 Å². The van der Waals surface area contributed by atoms with E-state index in [1.54, 1.807) is 39.9 Å². The number of alkyl halides is 3. The molecule has 1 aromatic rings. The molecule has 0 aliphatic carbocycles. The molecule has 0 heterocycles. The molecule has 0 aliphatic rings. The van der Waals surface area contributed by atoms with Gasteiger partial charge >= 0.3 is 12.1 Å². The van der Waals surface area contributed by atoms with Gasteiger partial charge in [-0.2, -0.15) is 13.2 Å². The first-order valence-electron chi connectivity index (χ1n) is 8.08. The minimum absolute atomic E-state index is 0.0249. The van der Waals surface area contributed by atoms with Gasteiger partial charge in [-0.05, 0) is 59.2 Å². The number of halogens is 4. The van der Waals surface area contributed by atoms with Crippen LogP contribution in [0.25, 0.3) is 0 Å². The molecule has 0 bridgehead atoms. The van der Waals surface area contributed by atoms with Crippen molar-refractivity contribution in [1.29, 1.82) is 0 Å². The molecule has 0 aromatic heterocycles. The van der Waals surface area contributed by atoms with Crippen molar-refractivity contribution in [1.82, 2.24) is 4.72 Å². The summed E-state index contributed by atoms with van der Waals surface area (Å²) >= 11 is -1.59. The highest BCUT2D eigenvalue weighted by molar-refractivity contribution is 7.90. The summed E-state index contributed by atoms with van der Waals surface area (Å²) in [7, 11) is 0. The van der Waals surface area contributed by atoms with Crippen molar-refractivity contribution in [3.05, 3.63) is 41.7 Å². The van der Waals surface area contributed by atoms with Gasteiger partial charge in [-0.15, -0.1) is 11.3 Å². The molecular weight excluding hydrogens is 384 g/mol. The molecule has 0 spiro atoms. The van der Waals surface area contributed by atoms with Gasteiger partial charge in [0.25, 0.3) is 0 Å². The molecule has 0 saturated heterocycles. The molecule has 2 atom stereocenters. The van der Waals surface area contributed by atoms with Crippen LogP contribution in [0.15, 0.2) is 30.4 Å². The fraction of sp³-hybridized carbons (Fsp3) is 0.500. The van der Waals surface area contributed by atoms with Crippen LogP contribution in [0, 0.1) is 5.82 Å². The van der Waals surface area contributed by atoms with Crippen molar-refractivity contribution in [2.24, 2.45) is 0 Å². The second-order valence-corrected chi connectivity index (χ2v) is 9.56. The largest absolute Gasteiger partial charge is 0.598 e. The van der Waals surface area contributed by atoms with Crippen LogP contribution in [-0.2, 0) is 21.7 Å². The highest BCUT2D eigenvalue weighted by Gasteiger charge is 2.40. The van der Waals surface area contributed by atoms with Crippen molar-refractivity contribution < 1.29 is 26.9 Å². The summed E-state index contributed by atoms with van der Waals surface area (Å²) in [5.41, 5.74) is -0.805. The van der Waals surface area contributed by atoms with Crippen LogP contribution in [0.5, 0.6) is 0 Å². The average molecular weight is 408 g/mol. The van der Waals surface area contributed by atoms with Gasteiger partial charge in [0.1, 0.15) is 10.6 Å². The molecule has 9 heteroatoms. The Morgan fingerprint density at radius 2 is 1.78 bits per heavy atom. The molecule has 1 amide bonds. The molecule has 0 aliphatic heterocycles. The molecule has 27 heavy (non-hydrogen) atoms. The van der Waals surface area contributed by atoms with Crippen molar-refractivity contribution in [2.75, 3.05) is 5.32 Å². The molecular formula is C18H24F4N2O2S. The minimum atomic E-state index is -5.07. The van der Waals surface area contributed by atoms with Gasteiger partial charge in [0, 0.05) is 22.6 Å². The standard InChI is InChI=1S/C18H24F4N2O2S/c1-11(2)10-17(6,24-27(26)16(3,4)5)13-9-12(7-8-14(13)19)23-15(25)18(20,21)22/h7-9,24H,1,10H2,2-6H3,(H,23,25)/t17-,27?/m0/s1. The van der Waals surface area contributed by atoms with E-state index in [9.17, 15) is 26.9 Å². The number of carbonyl (C=O) groups is 1. The maximum Gasteiger partial charge on any atom is 0.471 e. The Morgan fingerprint density at radius 1 is 1.22 bits per heavy atom. The third kappa shape index (κ3) is 6.51. The highest BCUT2D eigenvalue weighted by atomic mass is 32.2. The molecule has 1 unspecified atom stereocenters. The number of hydrogen-bond donors (Lipinski definition) is 2. The summed E-state index contributed by atoms with van der Waals surface area (Å²) in [4.78, 5) is 11.2. The first kappa shape index (κ1) is 23.5. The van der Waals surface area contributed by atoms with Gasteiger partial charge in [-0.1, -0.05) is 5.57 Å². The van der Waals surface area contributed by atoms with Crippen LogP contribution in [-0.4, -0.2) is 21.4 Å². The third-order valence-electron chi connectivity index (χ3n) is 3.61. The predicted octanol–water partition coefficient (Wildman–Crippen LogP) is 4.56. The van der Waals surface area contributed by atoms with Crippen molar-refractivity contribution in [3.8, 4) is 0 Å². The lowest BCUT2D eigenvalue weighted by Gasteiger charge is -2.36. The van der Waals surface area contributed by atoms with Gasteiger partial charge in [-0.25, -0.2) is 4.39 Å². The van der Waals surface area contributed by atoms with Crippen LogP contribution in [0.3, 0.4) is 0 Å². The fourth-order valence-electron chi connectivity index (χ4n) is 2.38. The molecule has 152 valence electrons. The summed E-state index contributed by atoms with van der Waals surface area (Å²) in [5.74, 6) is -2.87. The van der Waals surface area contributed by atoms with E-state index in [0.29, 0.717) is 5.57 Å². The smallest absolute Gasteiger partial charge is 0.471 e. The summed E-state index contributed by atoms with van der Waals surface area (Å²) in [5, 5.41) is 1.70.